The van der Waals surface area contributed by atoms with Crippen molar-refractivity contribution in [3.63, 3.8) is 0 Å². The minimum atomic E-state index is -0.0323. The van der Waals surface area contributed by atoms with Crippen LogP contribution in [-0.2, 0) is 21.5 Å². The van der Waals surface area contributed by atoms with Gasteiger partial charge in [-0.3, -0.25) is 0 Å². The van der Waals surface area contributed by atoms with Crippen molar-refractivity contribution in [1.29, 1.82) is 0 Å². The zero-order valence-electron chi connectivity index (χ0n) is 15.1. The molecule has 3 aliphatic rings. The number of benzene rings is 1. The highest BCUT2D eigenvalue weighted by Crippen LogP contribution is 2.46. The van der Waals surface area contributed by atoms with Gasteiger partial charge < -0.3 is 19.7 Å². The van der Waals surface area contributed by atoms with Crippen LogP contribution in [0.1, 0.15) is 23.3 Å². The second-order valence-electron chi connectivity index (χ2n) is 7.45. The van der Waals surface area contributed by atoms with E-state index in [9.17, 15) is 0 Å². The van der Waals surface area contributed by atoms with E-state index in [2.05, 4.69) is 40.5 Å². The minimum Gasteiger partial charge on any atom is -0.378 e. The summed E-state index contributed by atoms with van der Waals surface area (Å²) in [5.41, 5.74) is 4.10. The van der Waals surface area contributed by atoms with E-state index in [1.807, 2.05) is 11.3 Å². The molecule has 4 heterocycles. The van der Waals surface area contributed by atoms with Gasteiger partial charge in [-0.2, -0.15) is 0 Å². The molecule has 2 saturated heterocycles. The van der Waals surface area contributed by atoms with Crippen molar-refractivity contribution in [2.45, 2.75) is 24.9 Å². The Morgan fingerprint density at radius 1 is 1.00 bits per heavy atom. The molecule has 0 radical (unpaired) electrons. The fourth-order valence-electron chi connectivity index (χ4n) is 4.42. The molecule has 1 aromatic heterocycles. The molecule has 0 saturated carbocycles. The van der Waals surface area contributed by atoms with Crippen LogP contribution in [0.25, 0.3) is 10.4 Å². The standard InChI is InChI=1S/C21H26N2O2S/c1-3-18(23-10-13-24-14-11-23)4-2-16(1)19-15-17-5-12-25-21(20(17)26-19)6-8-22-9-7-21/h1-4,15,22H,5-14H2. The van der Waals surface area contributed by atoms with Gasteiger partial charge in [0.05, 0.1) is 19.8 Å². The highest BCUT2D eigenvalue weighted by molar-refractivity contribution is 7.15. The first-order valence-electron chi connectivity index (χ1n) is 9.75. The molecule has 138 valence electrons. The molecule has 1 spiro atoms. The Kier molecular flexibility index (Phi) is 4.49. The first kappa shape index (κ1) is 16.8. The van der Waals surface area contributed by atoms with Crippen molar-refractivity contribution in [1.82, 2.24) is 5.32 Å². The van der Waals surface area contributed by atoms with Crippen molar-refractivity contribution in [3.05, 3.63) is 40.8 Å². The number of ether oxygens (including phenoxy) is 2. The summed E-state index contributed by atoms with van der Waals surface area (Å²) in [4.78, 5) is 5.27. The highest BCUT2D eigenvalue weighted by atomic mass is 32.1. The van der Waals surface area contributed by atoms with Crippen LogP contribution in [0.3, 0.4) is 0 Å². The molecule has 0 aliphatic carbocycles. The van der Waals surface area contributed by atoms with Gasteiger partial charge in [-0.1, -0.05) is 12.1 Å². The van der Waals surface area contributed by atoms with Crippen LogP contribution in [0.4, 0.5) is 5.69 Å². The second-order valence-corrected chi connectivity index (χ2v) is 8.51. The van der Waals surface area contributed by atoms with Crippen molar-refractivity contribution >= 4 is 17.0 Å². The fourth-order valence-corrected chi connectivity index (χ4v) is 5.84. The minimum absolute atomic E-state index is 0.0323. The number of nitrogens with one attached hydrogen (secondary N) is 1. The SMILES string of the molecule is c1cc(N2CCOCC2)ccc1-c1cc2c(s1)C1(CCNCC1)OCC2. The highest BCUT2D eigenvalue weighted by Gasteiger charge is 2.40. The average Bonchev–Trinajstić information content (AvgIpc) is 3.16. The molecule has 5 heteroatoms. The maximum absolute atomic E-state index is 6.33. The molecule has 4 nitrogen and oxygen atoms in total. The van der Waals surface area contributed by atoms with Gasteiger partial charge in [0.25, 0.3) is 0 Å². The zero-order chi connectivity index (χ0) is 17.4. The van der Waals surface area contributed by atoms with Gasteiger partial charge in [-0.25, -0.2) is 0 Å². The van der Waals surface area contributed by atoms with Crippen LogP contribution >= 0.6 is 11.3 Å². The summed E-state index contributed by atoms with van der Waals surface area (Å²) in [6.45, 7) is 6.61. The lowest BCUT2D eigenvalue weighted by Crippen LogP contribution is -2.43. The Bertz CT molecular complexity index is 759. The Labute approximate surface area is 159 Å². The van der Waals surface area contributed by atoms with Crippen molar-refractivity contribution < 1.29 is 9.47 Å². The van der Waals surface area contributed by atoms with Crippen molar-refractivity contribution in [3.8, 4) is 10.4 Å². The van der Waals surface area contributed by atoms with Crippen molar-refractivity contribution in [2.75, 3.05) is 50.9 Å². The van der Waals surface area contributed by atoms with E-state index in [1.165, 1.54) is 26.6 Å². The second kappa shape index (κ2) is 6.97. The molecule has 2 fully saturated rings. The third-order valence-corrected chi connectivity index (χ3v) is 7.32. The van der Waals surface area contributed by atoms with Crippen LogP contribution in [0, 0.1) is 0 Å². The van der Waals surface area contributed by atoms with E-state index >= 15 is 0 Å². The van der Waals surface area contributed by atoms with Crippen molar-refractivity contribution in [2.24, 2.45) is 0 Å². The Morgan fingerprint density at radius 2 is 1.77 bits per heavy atom. The summed E-state index contributed by atoms with van der Waals surface area (Å²) >= 11 is 1.95. The molecule has 1 N–H and O–H groups in total. The normalized spacial score (nSPS) is 22.4. The summed E-state index contributed by atoms with van der Waals surface area (Å²) < 4.78 is 11.8. The number of fused-ring (bicyclic) bond motifs is 2. The molecule has 26 heavy (non-hydrogen) atoms. The van der Waals surface area contributed by atoms with Crippen LogP contribution in [0.5, 0.6) is 0 Å². The molecule has 0 amide bonds. The van der Waals surface area contributed by atoms with Gasteiger partial charge in [0.1, 0.15) is 5.60 Å². The number of anilines is 1. The van der Waals surface area contributed by atoms with Crippen LogP contribution in [0.2, 0.25) is 0 Å². The monoisotopic (exact) mass is 370 g/mol. The van der Waals surface area contributed by atoms with E-state index in [0.29, 0.717) is 0 Å². The molecular weight excluding hydrogens is 344 g/mol. The number of thiophene rings is 1. The summed E-state index contributed by atoms with van der Waals surface area (Å²) in [5.74, 6) is 0. The first-order valence-corrected chi connectivity index (χ1v) is 10.6. The van der Waals surface area contributed by atoms with E-state index in [0.717, 1.165) is 65.3 Å². The number of morpholine rings is 1. The Balaban J connectivity index is 1.42. The predicted octanol–water partition coefficient (Wildman–Crippen LogP) is 3.40. The summed E-state index contributed by atoms with van der Waals surface area (Å²) in [7, 11) is 0. The summed E-state index contributed by atoms with van der Waals surface area (Å²) in [6.07, 6.45) is 3.23. The lowest BCUT2D eigenvalue weighted by atomic mass is 9.86. The van der Waals surface area contributed by atoms with Gasteiger partial charge >= 0.3 is 0 Å². The molecule has 5 rings (SSSR count). The van der Waals surface area contributed by atoms with Crippen LogP contribution < -0.4 is 10.2 Å². The van der Waals surface area contributed by atoms with Gasteiger partial charge in [0, 0.05) is 28.5 Å². The lowest BCUT2D eigenvalue weighted by Gasteiger charge is -2.40. The van der Waals surface area contributed by atoms with Gasteiger partial charge in [0.2, 0.25) is 0 Å². The van der Waals surface area contributed by atoms with E-state index in [-0.39, 0.29) is 5.60 Å². The Morgan fingerprint density at radius 3 is 2.54 bits per heavy atom. The van der Waals surface area contributed by atoms with Crippen LogP contribution in [0.15, 0.2) is 30.3 Å². The number of rotatable bonds is 2. The zero-order valence-corrected chi connectivity index (χ0v) is 15.9. The average molecular weight is 371 g/mol. The smallest absolute Gasteiger partial charge is 0.105 e. The largest absolute Gasteiger partial charge is 0.378 e. The third kappa shape index (κ3) is 2.97. The lowest BCUT2D eigenvalue weighted by molar-refractivity contribution is -0.0771. The quantitative estimate of drug-likeness (QED) is 0.878. The molecule has 1 aromatic carbocycles. The number of nitrogens with zero attached hydrogens (tertiary/aromatic N) is 1. The van der Waals surface area contributed by atoms with Gasteiger partial charge in [0.15, 0.2) is 0 Å². The van der Waals surface area contributed by atoms with E-state index < -0.39 is 0 Å². The maximum Gasteiger partial charge on any atom is 0.105 e. The summed E-state index contributed by atoms with van der Waals surface area (Å²) in [5, 5.41) is 3.47. The molecule has 0 bridgehead atoms. The van der Waals surface area contributed by atoms with E-state index in [4.69, 9.17) is 9.47 Å². The molecule has 0 atom stereocenters. The maximum atomic E-state index is 6.33. The number of hydrogen-bond acceptors (Lipinski definition) is 5. The Hall–Kier alpha value is -1.40. The molecular formula is C21H26N2O2S. The number of piperidine rings is 1. The predicted molar refractivity (Wildman–Crippen MR) is 106 cm³/mol. The molecule has 3 aliphatic heterocycles. The molecule has 2 aromatic rings. The first-order chi connectivity index (χ1) is 12.8. The topological polar surface area (TPSA) is 33.7 Å². The number of hydrogen-bond donors (Lipinski definition) is 1. The third-order valence-electron chi connectivity index (χ3n) is 5.91. The molecule has 0 unspecified atom stereocenters. The fraction of sp³-hybridized carbons (Fsp3) is 0.524. The van der Waals surface area contributed by atoms with Gasteiger partial charge in [-0.05, 0) is 61.7 Å². The summed E-state index contributed by atoms with van der Waals surface area (Å²) in [6, 6.07) is 11.5. The van der Waals surface area contributed by atoms with Gasteiger partial charge in [-0.15, -0.1) is 11.3 Å². The van der Waals surface area contributed by atoms with Crippen LogP contribution in [-0.4, -0.2) is 46.0 Å². The van der Waals surface area contributed by atoms with E-state index in [1.54, 1.807) is 0 Å².